The first-order valence-electron chi connectivity index (χ1n) is 11.5. The molecule has 2 heterocycles. The molecule has 1 aliphatic rings. The average molecular weight is 533 g/mol. The highest BCUT2D eigenvalue weighted by Crippen LogP contribution is 2.39. The Morgan fingerprint density at radius 1 is 0.865 bits per heavy atom. The van der Waals surface area contributed by atoms with Crippen LogP contribution in [0.5, 0.6) is 0 Å². The van der Waals surface area contributed by atoms with Gasteiger partial charge in [-0.15, -0.1) is 0 Å². The Labute approximate surface area is 215 Å². The standard InChI is InChI=1S/C28H24N2O5S2/c1-18-27(36(2,32)33)26(20-11-7-4-8-12-20)25(29-18)16-23-22-15-21(13-14-24(22)30-28(23)31)37(34,35)17-19-9-5-3-6-10-19/h3-16,29H,17H2,1-2H3,(H,30,31)/b23-16-. The molecule has 5 rings (SSSR count). The van der Waals surface area contributed by atoms with Crippen molar-refractivity contribution in [2.45, 2.75) is 22.5 Å². The van der Waals surface area contributed by atoms with Crippen molar-refractivity contribution >= 4 is 42.9 Å². The molecule has 1 amide bonds. The van der Waals surface area contributed by atoms with Crippen LogP contribution in [-0.4, -0.2) is 34.0 Å². The summed E-state index contributed by atoms with van der Waals surface area (Å²) in [6.07, 6.45) is 2.73. The summed E-state index contributed by atoms with van der Waals surface area (Å²) in [6.45, 7) is 1.67. The van der Waals surface area contributed by atoms with Crippen molar-refractivity contribution in [3.63, 3.8) is 0 Å². The predicted octanol–water partition coefficient (Wildman–Crippen LogP) is 4.86. The second kappa shape index (κ2) is 9.17. The summed E-state index contributed by atoms with van der Waals surface area (Å²) in [5.41, 5.74) is 3.86. The number of sulfone groups is 2. The highest BCUT2D eigenvalue weighted by atomic mass is 32.2. The molecule has 0 unspecified atom stereocenters. The number of rotatable bonds is 6. The van der Waals surface area contributed by atoms with E-state index in [0.717, 1.165) is 6.26 Å². The molecule has 0 bridgehead atoms. The second-order valence-electron chi connectivity index (χ2n) is 8.97. The van der Waals surface area contributed by atoms with E-state index in [9.17, 15) is 21.6 Å². The molecule has 0 aliphatic carbocycles. The fourth-order valence-corrected chi connectivity index (χ4v) is 7.20. The number of aromatic nitrogens is 1. The van der Waals surface area contributed by atoms with Crippen LogP contribution in [-0.2, 0) is 30.2 Å². The highest BCUT2D eigenvalue weighted by Gasteiger charge is 2.29. The van der Waals surface area contributed by atoms with Crippen LogP contribution in [0, 0.1) is 6.92 Å². The quantitative estimate of drug-likeness (QED) is 0.344. The van der Waals surface area contributed by atoms with Gasteiger partial charge in [0.15, 0.2) is 19.7 Å². The Morgan fingerprint density at radius 2 is 1.51 bits per heavy atom. The maximum atomic E-state index is 13.1. The largest absolute Gasteiger partial charge is 0.357 e. The lowest BCUT2D eigenvalue weighted by atomic mass is 10.0. The minimum absolute atomic E-state index is 0.0975. The van der Waals surface area contributed by atoms with E-state index in [0.29, 0.717) is 39.3 Å². The zero-order chi connectivity index (χ0) is 26.4. The van der Waals surface area contributed by atoms with E-state index in [1.165, 1.54) is 12.1 Å². The van der Waals surface area contributed by atoms with Gasteiger partial charge in [0.05, 0.1) is 21.1 Å². The SMILES string of the molecule is Cc1[nH]c(/C=C2\C(=O)Nc3ccc(S(=O)(=O)Cc4ccccc4)cc32)c(-c2ccccc2)c1S(C)(=O)=O. The number of carbonyl (C=O) groups is 1. The van der Waals surface area contributed by atoms with Gasteiger partial charge in [-0.1, -0.05) is 60.7 Å². The zero-order valence-electron chi connectivity index (χ0n) is 20.1. The Kier molecular flexibility index (Phi) is 6.13. The number of H-pyrrole nitrogens is 1. The Bertz CT molecular complexity index is 1770. The molecule has 0 fully saturated rings. The molecule has 37 heavy (non-hydrogen) atoms. The first-order valence-corrected chi connectivity index (χ1v) is 15.0. The van der Waals surface area contributed by atoms with Crippen LogP contribution in [0.15, 0.2) is 88.7 Å². The molecule has 0 spiro atoms. The Morgan fingerprint density at radius 3 is 2.16 bits per heavy atom. The lowest BCUT2D eigenvalue weighted by molar-refractivity contribution is -0.110. The molecule has 1 aliphatic heterocycles. The molecule has 0 atom stereocenters. The molecule has 3 aromatic carbocycles. The monoisotopic (exact) mass is 532 g/mol. The van der Waals surface area contributed by atoms with Crippen molar-refractivity contribution in [1.29, 1.82) is 0 Å². The maximum Gasteiger partial charge on any atom is 0.256 e. The van der Waals surface area contributed by atoms with Gasteiger partial charge < -0.3 is 10.3 Å². The Hall–Kier alpha value is -3.95. The molecule has 2 N–H and O–H groups in total. The van der Waals surface area contributed by atoms with Gasteiger partial charge in [0, 0.05) is 34.5 Å². The number of hydrogen-bond donors (Lipinski definition) is 2. The minimum Gasteiger partial charge on any atom is -0.357 e. The number of fused-ring (bicyclic) bond motifs is 1. The van der Waals surface area contributed by atoms with Crippen LogP contribution in [0.4, 0.5) is 5.69 Å². The number of aryl methyl sites for hydroxylation is 1. The van der Waals surface area contributed by atoms with Crippen LogP contribution >= 0.6 is 0 Å². The summed E-state index contributed by atoms with van der Waals surface area (Å²) in [5, 5.41) is 2.77. The van der Waals surface area contributed by atoms with Crippen molar-refractivity contribution in [2.75, 3.05) is 11.6 Å². The lowest BCUT2D eigenvalue weighted by Gasteiger charge is -2.08. The molecule has 188 valence electrons. The fourth-order valence-electron chi connectivity index (χ4n) is 4.62. The number of benzene rings is 3. The van der Waals surface area contributed by atoms with E-state index >= 15 is 0 Å². The maximum absolute atomic E-state index is 13.1. The molecule has 4 aromatic rings. The van der Waals surface area contributed by atoms with Gasteiger partial charge in [-0.05, 0) is 42.3 Å². The third kappa shape index (κ3) is 4.75. The van der Waals surface area contributed by atoms with E-state index in [1.807, 2.05) is 24.3 Å². The zero-order valence-corrected chi connectivity index (χ0v) is 21.8. The van der Waals surface area contributed by atoms with E-state index in [-0.39, 0.29) is 21.1 Å². The fraction of sp³-hybridized carbons (Fsp3) is 0.107. The molecule has 0 saturated carbocycles. The minimum atomic E-state index is -3.68. The van der Waals surface area contributed by atoms with Gasteiger partial charge in [0.2, 0.25) is 0 Å². The molecule has 7 nitrogen and oxygen atoms in total. The number of amides is 1. The number of carbonyl (C=O) groups excluding carboxylic acids is 1. The van der Waals surface area contributed by atoms with Gasteiger partial charge >= 0.3 is 0 Å². The Balaban J connectivity index is 1.64. The van der Waals surface area contributed by atoms with E-state index < -0.39 is 25.6 Å². The molecular formula is C28H24N2O5S2. The van der Waals surface area contributed by atoms with Crippen molar-refractivity contribution in [3.8, 4) is 11.1 Å². The summed E-state index contributed by atoms with van der Waals surface area (Å²) in [4.78, 5) is 16.3. The summed E-state index contributed by atoms with van der Waals surface area (Å²) < 4.78 is 51.7. The van der Waals surface area contributed by atoms with Gasteiger partial charge in [-0.3, -0.25) is 4.79 Å². The third-order valence-corrected chi connectivity index (χ3v) is 9.15. The predicted molar refractivity (Wildman–Crippen MR) is 144 cm³/mol. The summed E-state index contributed by atoms with van der Waals surface area (Å²) >= 11 is 0. The van der Waals surface area contributed by atoms with Crippen LogP contribution in [0.25, 0.3) is 22.8 Å². The molecule has 9 heteroatoms. The average Bonchev–Trinajstić information content (AvgIpc) is 3.35. The van der Waals surface area contributed by atoms with Crippen LogP contribution in [0.1, 0.15) is 22.5 Å². The van der Waals surface area contributed by atoms with Crippen molar-refractivity contribution in [1.82, 2.24) is 4.98 Å². The normalized spacial score (nSPS) is 14.5. The summed E-state index contributed by atoms with van der Waals surface area (Å²) in [6, 6.07) is 22.5. The molecule has 0 radical (unpaired) electrons. The van der Waals surface area contributed by atoms with Gasteiger partial charge in [-0.25, -0.2) is 16.8 Å². The van der Waals surface area contributed by atoms with Crippen molar-refractivity contribution in [3.05, 3.63) is 101 Å². The van der Waals surface area contributed by atoms with Crippen molar-refractivity contribution < 1.29 is 21.6 Å². The summed E-state index contributed by atoms with van der Waals surface area (Å²) in [7, 11) is -7.27. The third-order valence-electron chi connectivity index (χ3n) is 6.21. The summed E-state index contributed by atoms with van der Waals surface area (Å²) in [5.74, 6) is -0.571. The number of aromatic amines is 1. The lowest BCUT2D eigenvalue weighted by Crippen LogP contribution is -2.05. The van der Waals surface area contributed by atoms with Crippen LogP contribution in [0.3, 0.4) is 0 Å². The van der Waals surface area contributed by atoms with Gasteiger partial charge in [0.1, 0.15) is 0 Å². The van der Waals surface area contributed by atoms with Gasteiger partial charge in [0.25, 0.3) is 5.91 Å². The molecule has 1 aromatic heterocycles. The van der Waals surface area contributed by atoms with E-state index in [2.05, 4.69) is 10.3 Å². The highest BCUT2D eigenvalue weighted by molar-refractivity contribution is 7.91. The number of anilines is 1. The van der Waals surface area contributed by atoms with Crippen molar-refractivity contribution in [2.24, 2.45) is 0 Å². The topological polar surface area (TPSA) is 113 Å². The molecular weight excluding hydrogens is 508 g/mol. The van der Waals surface area contributed by atoms with E-state index in [4.69, 9.17) is 0 Å². The first-order chi connectivity index (χ1) is 17.5. The van der Waals surface area contributed by atoms with Crippen LogP contribution < -0.4 is 5.32 Å². The second-order valence-corrected chi connectivity index (χ2v) is 12.9. The molecule has 0 saturated heterocycles. The number of nitrogens with one attached hydrogen (secondary N) is 2. The van der Waals surface area contributed by atoms with Gasteiger partial charge in [-0.2, -0.15) is 0 Å². The van der Waals surface area contributed by atoms with E-state index in [1.54, 1.807) is 55.5 Å². The number of hydrogen-bond acceptors (Lipinski definition) is 5. The van der Waals surface area contributed by atoms with Crippen LogP contribution in [0.2, 0.25) is 0 Å². The first kappa shape index (κ1) is 24.7. The smallest absolute Gasteiger partial charge is 0.256 e.